The van der Waals surface area contributed by atoms with Crippen LogP contribution in [-0.2, 0) is 0 Å². The van der Waals surface area contributed by atoms with Gasteiger partial charge < -0.3 is 5.73 Å². The van der Waals surface area contributed by atoms with E-state index in [1.165, 1.54) is 0 Å². The third-order valence-corrected chi connectivity index (χ3v) is 2.68. The average molecular weight is 209 g/mol. The summed E-state index contributed by atoms with van der Waals surface area (Å²) in [5.74, 6) is 0.470. The number of nitrogens with two attached hydrogens (primary N) is 1. The molecule has 1 aromatic carbocycles. The normalized spacial score (nSPS) is 13.2. The zero-order chi connectivity index (χ0) is 11.4. The lowest BCUT2D eigenvalue weighted by atomic mass is 9.97. The first-order chi connectivity index (χ1) is 7.02. The van der Waals surface area contributed by atoms with Crippen LogP contribution >= 0.6 is 0 Å². The van der Waals surface area contributed by atoms with E-state index in [2.05, 4.69) is 13.8 Å². The number of hydrogen-bond donors (Lipinski definition) is 1. The number of aryl methyl sites for hydroxylation is 1. The Morgan fingerprint density at radius 3 is 2.53 bits per heavy atom. The summed E-state index contributed by atoms with van der Waals surface area (Å²) in [7, 11) is 0. The molecule has 0 saturated heterocycles. The molecule has 2 N–H and O–H groups in total. The van der Waals surface area contributed by atoms with E-state index in [4.69, 9.17) is 5.73 Å². The maximum absolute atomic E-state index is 13.7. The molecule has 84 valence electrons. The van der Waals surface area contributed by atoms with E-state index in [0.29, 0.717) is 17.0 Å². The quantitative estimate of drug-likeness (QED) is 0.806. The number of rotatable bonds is 4. The van der Waals surface area contributed by atoms with Crippen LogP contribution in [0.2, 0.25) is 0 Å². The molecule has 1 rings (SSSR count). The Morgan fingerprint density at radius 2 is 1.93 bits per heavy atom. The predicted molar refractivity (Wildman–Crippen MR) is 62.1 cm³/mol. The predicted octanol–water partition coefficient (Wildman–Crippen LogP) is 3.57. The lowest BCUT2D eigenvalue weighted by Gasteiger charge is -2.15. The van der Waals surface area contributed by atoms with Gasteiger partial charge in [-0.05, 0) is 31.2 Å². The van der Waals surface area contributed by atoms with Gasteiger partial charge in [0, 0.05) is 11.6 Å². The monoisotopic (exact) mass is 209 g/mol. The van der Waals surface area contributed by atoms with Crippen molar-refractivity contribution in [3.63, 3.8) is 0 Å². The van der Waals surface area contributed by atoms with Crippen molar-refractivity contribution in [2.45, 2.75) is 39.7 Å². The van der Waals surface area contributed by atoms with Gasteiger partial charge in [0.05, 0.1) is 0 Å². The second-order valence-electron chi connectivity index (χ2n) is 4.56. The Labute approximate surface area is 91.5 Å². The molecule has 0 aromatic heterocycles. The first kappa shape index (κ1) is 12.2. The second kappa shape index (κ2) is 5.26. The van der Waals surface area contributed by atoms with Gasteiger partial charge in [0.15, 0.2) is 0 Å². The van der Waals surface area contributed by atoms with E-state index >= 15 is 0 Å². The van der Waals surface area contributed by atoms with Crippen LogP contribution in [0.15, 0.2) is 18.2 Å². The Balaban J connectivity index is 2.73. The van der Waals surface area contributed by atoms with Crippen LogP contribution in [0, 0.1) is 18.7 Å². The Hall–Kier alpha value is -0.890. The molecule has 0 bridgehead atoms. The molecule has 1 aromatic rings. The van der Waals surface area contributed by atoms with Crippen LogP contribution < -0.4 is 5.73 Å². The number of benzene rings is 1. The molecule has 0 spiro atoms. The van der Waals surface area contributed by atoms with Gasteiger partial charge in [-0.3, -0.25) is 0 Å². The lowest BCUT2D eigenvalue weighted by molar-refractivity contribution is 0.489. The van der Waals surface area contributed by atoms with Crippen molar-refractivity contribution in [1.29, 1.82) is 0 Å². The zero-order valence-electron chi connectivity index (χ0n) is 9.76. The van der Waals surface area contributed by atoms with Crippen LogP contribution in [0.1, 0.15) is 43.9 Å². The van der Waals surface area contributed by atoms with Gasteiger partial charge >= 0.3 is 0 Å². The summed E-state index contributed by atoms with van der Waals surface area (Å²) in [5, 5.41) is 0. The van der Waals surface area contributed by atoms with Crippen molar-refractivity contribution in [2.24, 2.45) is 11.7 Å². The molecular weight excluding hydrogens is 189 g/mol. The Morgan fingerprint density at radius 1 is 1.27 bits per heavy atom. The van der Waals surface area contributed by atoms with Gasteiger partial charge in [-0.25, -0.2) is 4.39 Å². The molecule has 0 aliphatic rings. The summed E-state index contributed by atoms with van der Waals surface area (Å²) in [4.78, 5) is 0. The maximum Gasteiger partial charge on any atom is 0.130 e. The topological polar surface area (TPSA) is 26.0 Å². The van der Waals surface area contributed by atoms with Gasteiger partial charge in [-0.2, -0.15) is 0 Å². The van der Waals surface area contributed by atoms with Crippen LogP contribution in [-0.4, -0.2) is 0 Å². The highest BCUT2D eigenvalue weighted by molar-refractivity contribution is 5.27. The van der Waals surface area contributed by atoms with Crippen LogP contribution in [0.25, 0.3) is 0 Å². The highest BCUT2D eigenvalue weighted by Crippen LogP contribution is 2.22. The van der Waals surface area contributed by atoms with Crippen molar-refractivity contribution in [1.82, 2.24) is 0 Å². The molecule has 15 heavy (non-hydrogen) atoms. The first-order valence-electron chi connectivity index (χ1n) is 5.53. The van der Waals surface area contributed by atoms with Crippen molar-refractivity contribution >= 4 is 0 Å². The Bertz CT molecular complexity index is 320. The van der Waals surface area contributed by atoms with Crippen LogP contribution in [0.4, 0.5) is 4.39 Å². The van der Waals surface area contributed by atoms with Gasteiger partial charge in [-0.1, -0.05) is 32.0 Å². The second-order valence-corrected chi connectivity index (χ2v) is 4.56. The molecule has 0 heterocycles. The van der Waals surface area contributed by atoms with E-state index in [1.807, 2.05) is 6.07 Å². The zero-order valence-corrected chi connectivity index (χ0v) is 9.76. The summed E-state index contributed by atoms with van der Waals surface area (Å²) >= 11 is 0. The third kappa shape index (κ3) is 3.31. The van der Waals surface area contributed by atoms with Crippen molar-refractivity contribution in [3.05, 3.63) is 35.1 Å². The average Bonchev–Trinajstić information content (AvgIpc) is 2.18. The minimum absolute atomic E-state index is 0.145. The molecular formula is C13H20FN. The minimum atomic E-state index is -0.174. The summed E-state index contributed by atoms with van der Waals surface area (Å²) in [6.45, 7) is 6.08. The molecule has 1 atom stereocenters. The molecule has 0 saturated carbocycles. The first-order valence-corrected chi connectivity index (χ1v) is 5.53. The molecule has 0 aliphatic carbocycles. The summed E-state index contributed by atoms with van der Waals surface area (Å²) in [5.41, 5.74) is 7.30. The largest absolute Gasteiger partial charge is 0.324 e. The highest BCUT2D eigenvalue weighted by atomic mass is 19.1. The molecule has 1 unspecified atom stereocenters. The van der Waals surface area contributed by atoms with Crippen molar-refractivity contribution < 1.29 is 4.39 Å². The van der Waals surface area contributed by atoms with Crippen LogP contribution in [0.3, 0.4) is 0 Å². The summed E-state index contributed by atoms with van der Waals surface area (Å²) in [6, 6.07) is 5.25. The molecule has 1 nitrogen and oxygen atoms in total. The molecule has 0 amide bonds. The smallest absolute Gasteiger partial charge is 0.130 e. The van der Waals surface area contributed by atoms with Crippen molar-refractivity contribution in [3.8, 4) is 0 Å². The molecule has 0 fully saturated rings. The van der Waals surface area contributed by atoms with Gasteiger partial charge in [0.2, 0.25) is 0 Å². The summed E-state index contributed by atoms with van der Waals surface area (Å²) in [6.07, 6.45) is 1.88. The van der Waals surface area contributed by atoms with Gasteiger partial charge in [0.25, 0.3) is 0 Å². The van der Waals surface area contributed by atoms with Crippen LogP contribution in [0.5, 0.6) is 0 Å². The molecule has 2 heteroatoms. The Kier molecular flexibility index (Phi) is 4.28. The fourth-order valence-electron chi connectivity index (χ4n) is 1.62. The number of halogens is 1. The van der Waals surface area contributed by atoms with E-state index in [9.17, 15) is 4.39 Å². The fourth-order valence-corrected chi connectivity index (χ4v) is 1.62. The van der Waals surface area contributed by atoms with E-state index < -0.39 is 0 Å². The fraction of sp³-hybridized carbons (Fsp3) is 0.538. The third-order valence-electron chi connectivity index (χ3n) is 2.68. The van der Waals surface area contributed by atoms with E-state index in [-0.39, 0.29) is 11.9 Å². The lowest BCUT2D eigenvalue weighted by Crippen LogP contribution is -2.13. The number of hydrogen-bond acceptors (Lipinski definition) is 1. The van der Waals surface area contributed by atoms with Gasteiger partial charge in [0.1, 0.15) is 5.82 Å². The van der Waals surface area contributed by atoms with E-state index in [1.54, 1.807) is 19.1 Å². The SMILES string of the molecule is Cc1cccc(C(N)CCC(C)C)c1F. The summed E-state index contributed by atoms with van der Waals surface area (Å²) < 4.78 is 13.7. The highest BCUT2D eigenvalue weighted by Gasteiger charge is 2.12. The maximum atomic E-state index is 13.7. The molecule has 0 radical (unpaired) electrons. The molecule has 0 aliphatic heterocycles. The van der Waals surface area contributed by atoms with Crippen molar-refractivity contribution in [2.75, 3.05) is 0 Å². The van der Waals surface area contributed by atoms with E-state index in [0.717, 1.165) is 12.8 Å². The van der Waals surface area contributed by atoms with Gasteiger partial charge in [-0.15, -0.1) is 0 Å². The minimum Gasteiger partial charge on any atom is -0.324 e. The standard InChI is InChI=1S/C13H20FN/c1-9(2)7-8-12(15)11-6-4-5-10(3)13(11)14/h4-6,9,12H,7-8,15H2,1-3H3.